The average Bonchev–Trinajstić information content (AvgIpc) is 2.75. The Kier molecular flexibility index (Phi) is 6.12. The van der Waals surface area contributed by atoms with Crippen molar-refractivity contribution in [3.05, 3.63) is 0 Å². The summed E-state index contributed by atoms with van der Waals surface area (Å²) < 4.78 is 5.02. The van der Waals surface area contributed by atoms with Gasteiger partial charge in [-0.2, -0.15) is 0 Å². The monoisotopic (exact) mass is 257 g/mol. The van der Waals surface area contributed by atoms with Crippen molar-refractivity contribution in [2.75, 3.05) is 26.8 Å². The summed E-state index contributed by atoms with van der Waals surface area (Å²) in [5, 5.41) is 8.63. The normalized spacial score (nSPS) is 21.0. The average molecular weight is 257 g/mol. The Morgan fingerprint density at radius 1 is 1.50 bits per heavy atom. The van der Waals surface area contributed by atoms with Crippen molar-refractivity contribution in [3.63, 3.8) is 0 Å². The number of nitrogens with zero attached hydrogens (tertiary/aromatic N) is 1. The van der Waals surface area contributed by atoms with E-state index in [-0.39, 0.29) is 18.2 Å². The molecule has 104 valence electrons. The van der Waals surface area contributed by atoms with E-state index in [0.29, 0.717) is 31.9 Å². The molecular formula is C13H23NO4. The predicted molar refractivity (Wildman–Crippen MR) is 67.2 cm³/mol. The second-order valence-corrected chi connectivity index (χ2v) is 5.19. The van der Waals surface area contributed by atoms with E-state index in [1.807, 2.05) is 11.8 Å². The number of rotatable bonds is 7. The van der Waals surface area contributed by atoms with E-state index in [1.165, 1.54) is 0 Å². The van der Waals surface area contributed by atoms with Gasteiger partial charge in [-0.3, -0.25) is 9.59 Å². The first-order chi connectivity index (χ1) is 8.52. The van der Waals surface area contributed by atoms with Crippen molar-refractivity contribution in [3.8, 4) is 0 Å². The van der Waals surface area contributed by atoms with Gasteiger partial charge in [0.25, 0.3) is 0 Å². The van der Waals surface area contributed by atoms with Crippen molar-refractivity contribution >= 4 is 11.9 Å². The quantitative estimate of drug-likeness (QED) is 0.748. The molecule has 0 aliphatic carbocycles. The summed E-state index contributed by atoms with van der Waals surface area (Å²) in [6.07, 6.45) is 2.32. The predicted octanol–water partition coefficient (Wildman–Crippen LogP) is 1.37. The second kappa shape index (κ2) is 7.36. The van der Waals surface area contributed by atoms with Gasteiger partial charge in [0.15, 0.2) is 0 Å². The molecule has 1 fully saturated rings. The zero-order valence-electron chi connectivity index (χ0n) is 11.2. The van der Waals surface area contributed by atoms with Crippen LogP contribution in [0, 0.1) is 11.8 Å². The highest BCUT2D eigenvalue weighted by molar-refractivity contribution is 5.76. The van der Waals surface area contributed by atoms with Crippen molar-refractivity contribution in [1.82, 2.24) is 4.90 Å². The van der Waals surface area contributed by atoms with Crippen molar-refractivity contribution in [2.24, 2.45) is 11.8 Å². The number of ether oxygens (including phenoxy) is 1. The molecule has 0 saturated carbocycles. The second-order valence-electron chi connectivity index (χ2n) is 5.19. The third-order valence-electron chi connectivity index (χ3n) is 3.38. The van der Waals surface area contributed by atoms with E-state index in [4.69, 9.17) is 9.84 Å². The van der Waals surface area contributed by atoms with Gasteiger partial charge in [0.1, 0.15) is 0 Å². The van der Waals surface area contributed by atoms with Crippen LogP contribution < -0.4 is 0 Å². The molecular weight excluding hydrogens is 234 g/mol. The summed E-state index contributed by atoms with van der Waals surface area (Å²) in [4.78, 5) is 24.3. The van der Waals surface area contributed by atoms with Gasteiger partial charge in [-0.15, -0.1) is 0 Å². The Morgan fingerprint density at radius 3 is 2.83 bits per heavy atom. The largest absolute Gasteiger partial charge is 0.481 e. The first-order valence-corrected chi connectivity index (χ1v) is 6.51. The third kappa shape index (κ3) is 5.04. The number of carbonyl (C=O) groups excluding carboxylic acids is 1. The van der Waals surface area contributed by atoms with Crippen LogP contribution in [0.25, 0.3) is 0 Å². The summed E-state index contributed by atoms with van der Waals surface area (Å²) >= 11 is 0. The standard InChI is InChI=1S/C13H23NO4/c1-10(9-18-2)7-12(15)14-6-5-11(8-14)3-4-13(16)17/h10-11H,3-9H2,1-2H3,(H,16,17). The molecule has 0 aromatic heterocycles. The lowest BCUT2D eigenvalue weighted by molar-refractivity contribution is -0.137. The molecule has 1 aliphatic rings. The number of hydrogen-bond donors (Lipinski definition) is 1. The topological polar surface area (TPSA) is 66.8 Å². The molecule has 1 heterocycles. The van der Waals surface area contributed by atoms with Gasteiger partial charge in [-0.1, -0.05) is 6.92 Å². The molecule has 0 spiro atoms. The zero-order valence-corrected chi connectivity index (χ0v) is 11.2. The van der Waals surface area contributed by atoms with Crippen molar-refractivity contribution in [2.45, 2.75) is 32.6 Å². The molecule has 1 saturated heterocycles. The Bertz CT molecular complexity index is 293. The molecule has 0 aromatic rings. The molecule has 5 nitrogen and oxygen atoms in total. The summed E-state index contributed by atoms with van der Waals surface area (Å²) in [7, 11) is 1.64. The maximum atomic E-state index is 12.0. The molecule has 0 bridgehead atoms. The Hall–Kier alpha value is -1.10. The van der Waals surface area contributed by atoms with Crippen molar-refractivity contribution < 1.29 is 19.4 Å². The van der Waals surface area contributed by atoms with Crippen LogP contribution in [0.2, 0.25) is 0 Å². The smallest absolute Gasteiger partial charge is 0.303 e. The molecule has 18 heavy (non-hydrogen) atoms. The van der Waals surface area contributed by atoms with Gasteiger partial charge in [-0.25, -0.2) is 0 Å². The minimum Gasteiger partial charge on any atom is -0.481 e. The van der Waals surface area contributed by atoms with Crippen LogP contribution in [-0.2, 0) is 14.3 Å². The fraction of sp³-hybridized carbons (Fsp3) is 0.846. The summed E-state index contributed by atoms with van der Waals surface area (Å²) in [5.74, 6) is -0.00535. The van der Waals surface area contributed by atoms with Crippen LogP contribution in [-0.4, -0.2) is 48.7 Å². The Labute approximate surface area is 108 Å². The summed E-state index contributed by atoms with van der Waals surface area (Å²) in [5.41, 5.74) is 0. The van der Waals surface area contributed by atoms with E-state index in [0.717, 1.165) is 13.0 Å². The lowest BCUT2D eigenvalue weighted by Crippen LogP contribution is -2.30. The van der Waals surface area contributed by atoms with Crippen LogP contribution in [0.3, 0.4) is 0 Å². The van der Waals surface area contributed by atoms with E-state index in [1.54, 1.807) is 7.11 Å². The fourth-order valence-electron chi connectivity index (χ4n) is 2.39. The number of methoxy groups -OCH3 is 1. The molecule has 0 radical (unpaired) electrons. The highest BCUT2D eigenvalue weighted by Crippen LogP contribution is 2.22. The Morgan fingerprint density at radius 2 is 2.22 bits per heavy atom. The third-order valence-corrected chi connectivity index (χ3v) is 3.38. The van der Waals surface area contributed by atoms with E-state index in [9.17, 15) is 9.59 Å². The van der Waals surface area contributed by atoms with Gasteiger partial charge < -0.3 is 14.7 Å². The molecule has 2 atom stereocenters. The van der Waals surface area contributed by atoms with Gasteiger partial charge in [0.2, 0.25) is 5.91 Å². The van der Waals surface area contributed by atoms with E-state index in [2.05, 4.69) is 0 Å². The molecule has 2 unspecified atom stereocenters. The number of carboxylic acid groups (broad SMARTS) is 1. The summed E-state index contributed by atoms with van der Waals surface area (Å²) in [6.45, 7) is 4.08. The Balaban J connectivity index is 2.28. The van der Waals surface area contributed by atoms with Crippen LogP contribution in [0.5, 0.6) is 0 Å². The van der Waals surface area contributed by atoms with Crippen LogP contribution >= 0.6 is 0 Å². The van der Waals surface area contributed by atoms with Gasteiger partial charge in [0.05, 0.1) is 0 Å². The number of aliphatic carboxylic acids is 1. The molecule has 1 amide bonds. The minimum atomic E-state index is -0.756. The molecule has 0 aromatic carbocycles. The SMILES string of the molecule is COCC(C)CC(=O)N1CCC(CCC(=O)O)C1. The molecule has 1 N–H and O–H groups in total. The number of amides is 1. The van der Waals surface area contributed by atoms with Gasteiger partial charge in [0, 0.05) is 39.6 Å². The molecule has 1 rings (SSSR count). The molecule has 5 heteroatoms. The zero-order chi connectivity index (χ0) is 13.5. The van der Waals surface area contributed by atoms with Crippen LogP contribution in [0.1, 0.15) is 32.6 Å². The first-order valence-electron chi connectivity index (χ1n) is 6.51. The highest BCUT2D eigenvalue weighted by Gasteiger charge is 2.26. The van der Waals surface area contributed by atoms with Crippen molar-refractivity contribution in [1.29, 1.82) is 0 Å². The van der Waals surface area contributed by atoms with Crippen LogP contribution in [0.4, 0.5) is 0 Å². The fourth-order valence-corrected chi connectivity index (χ4v) is 2.39. The van der Waals surface area contributed by atoms with E-state index >= 15 is 0 Å². The number of carbonyl (C=O) groups is 2. The number of likely N-dealkylation sites (tertiary alicyclic amines) is 1. The van der Waals surface area contributed by atoms with Crippen LogP contribution in [0.15, 0.2) is 0 Å². The maximum Gasteiger partial charge on any atom is 0.303 e. The molecule has 1 aliphatic heterocycles. The summed E-state index contributed by atoms with van der Waals surface area (Å²) in [6, 6.07) is 0. The van der Waals surface area contributed by atoms with E-state index < -0.39 is 5.97 Å². The highest BCUT2D eigenvalue weighted by atomic mass is 16.5. The minimum absolute atomic E-state index is 0.164. The lowest BCUT2D eigenvalue weighted by atomic mass is 10.0. The van der Waals surface area contributed by atoms with Gasteiger partial charge >= 0.3 is 5.97 Å². The number of hydrogen-bond acceptors (Lipinski definition) is 3. The van der Waals surface area contributed by atoms with Gasteiger partial charge in [-0.05, 0) is 24.7 Å². The maximum absolute atomic E-state index is 12.0. The number of carboxylic acids is 1. The first kappa shape index (κ1) is 15.0. The lowest BCUT2D eigenvalue weighted by Gasteiger charge is -2.18.